The molecule has 1 fully saturated rings. The molecular formula is C19H32N2. The van der Waals surface area contributed by atoms with E-state index in [4.69, 9.17) is 5.73 Å². The van der Waals surface area contributed by atoms with Crippen LogP contribution in [0.15, 0.2) is 18.2 Å². The van der Waals surface area contributed by atoms with Crippen LogP contribution in [0.5, 0.6) is 0 Å². The zero-order valence-electron chi connectivity index (χ0n) is 14.3. The number of benzene rings is 1. The van der Waals surface area contributed by atoms with Gasteiger partial charge in [0.15, 0.2) is 0 Å². The summed E-state index contributed by atoms with van der Waals surface area (Å²) in [7, 11) is 0. The molecule has 21 heavy (non-hydrogen) atoms. The van der Waals surface area contributed by atoms with E-state index in [1.165, 1.54) is 42.4 Å². The Morgan fingerprint density at radius 1 is 1.10 bits per heavy atom. The van der Waals surface area contributed by atoms with Crippen LogP contribution in [0, 0.1) is 13.8 Å². The summed E-state index contributed by atoms with van der Waals surface area (Å²) in [4.78, 5) is 2.62. The minimum Gasteiger partial charge on any atom is -0.326 e. The second kappa shape index (κ2) is 6.93. The molecule has 1 unspecified atom stereocenters. The van der Waals surface area contributed by atoms with Crippen LogP contribution in [0.25, 0.3) is 0 Å². The predicted molar refractivity (Wildman–Crippen MR) is 91.7 cm³/mol. The third-order valence-electron chi connectivity index (χ3n) is 5.58. The van der Waals surface area contributed by atoms with Crippen LogP contribution in [-0.2, 0) is 6.42 Å². The molecule has 0 heterocycles. The maximum Gasteiger partial charge on any atom is 0.0363 e. The average Bonchev–Trinajstić information content (AvgIpc) is 2.95. The van der Waals surface area contributed by atoms with Gasteiger partial charge in [0.2, 0.25) is 0 Å². The summed E-state index contributed by atoms with van der Waals surface area (Å²) >= 11 is 0. The number of aryl methyl sites for hydroxylation is 2. The van der Waals surface area contributed by atoms with Crippen molar-refractivity contribution >= 4 is 0 Å². The Morgan fingerprint density at radius 3 is 2.24 bits per heavy atom. The van der Waals surface area contributed by atoms with Crippen molar-refractivity contribution in [2.24, 2.45) is 5.73 Å². The van der Waals surface area contributed by atoms with Gasteiger partial charge in [0.25, 0.3) is 0 Å². The third-order valence-corrected chi connectivity index (χ3v) is 5.58. The molecule has 118 valence electrons. The highest BCUT2D eigenvalue weighted by Gasteiger charge is 2.43. The Balaban J connectivity index is 2.18. The van der Waals surface area contributed by atoms with Gasteiger partial charge < -0.3 is 5.73 Å². The summed E-state index contributed by atoms with van der Waals surface area (Å²) in [6.07, 6.45) is 6.19. The molecule has 1 saturated carbocycles. The van der Waals surface area contributed by atoms with Gasteiger partial charge in [-0.15, -0.1) is 0 Å². The topological polar surface area (TPSA) is 29.3 Å². The lowest BCUT2D eigenvalue weighted by atomic mass is 9.82. The first-order valence-corrected chi connectivity index (χ1v) is 8.60. The molecule has 2 heteroatoms. The van der Waals surface area contributed by atoms with Gasteiger partial charge in [0.1, 0.15) is 0 Å². The van der Waals surface area contributed by atoms with Crippen molar-refractivity contribution < 1.29 is 0 Å². The largest absolute Gasteiger partial charge is 0.326 e. The molecule has 1 atom stereocenters. The smallest absolute Gasteiger partial charge is 0.0363 e. The number of hydrogen-bond acceptors (Lipinski definition) is 2. The van der Waals surface area contributed by atoms with E-state index in [0.717, 1.165) is 19.5 Å². The molecule has 0 spiro atoms. The fourth-order valence-electron chi connectivity index (χ4n) is 4.14. The van der Waals surface area contributed by atoms with Gasteiger partial charge >= 0.3 is 0 Å². The normalized spacial score (nSPS) is 19.1. The Morgan fingerprint density at radius 2 is 1.71 bits per heavy atom. The molecule has 1 aromatic rings. The van der Waals surface area contributed by atoms with Crippen molar-refractivity contribution in [1.82, 2.24) is 4.90 Å². The predicted octanol–water partition coefficient (Wildman–Crippen LogP) is 3.83. The molecular weight excluding hydrogens is 256 g/mol. The molecule has 2 rings (SSSR count). The van der Waals surface area contributed by atoms with Crippen molar-refractivity contribution in [3.05, 3.63) is 34.9 Å². The van der Waals surface area contributed by atoms with Gasteiger partial charge in [-0.25, -0.2) is 0 Å². The Hall–Kier alpha value is -0.860. The van der Waals surface area contributed by atoms with Crippen LogP contribution in [0.1, 0.15) is 56.2 Å². The highest BCUT2D eigenvalue weighted by atomic mass is 15.2. The number of rotatable bonds is 6. The van der Waals surface area contributed by atoms with Crippen LogP contribution in [0.4, 0.5) is 0 Å². The molecule has 2 nitrogen and oxygen atoms in total. The Bertz CT molecular complexity index is 457. The van der Waals surface area contributed by atoms with Crippen LogP contribution < -0.4 is 5.73 Å². The van der Waals surface area contributed by atoms with E-state index in [2.05, 4.69) is 50.8 Å². The van der Waals surface area contributed by atoms with E-state index in [1.807, 2.05) is 0 Å². The van der Waals surface area contributed by atoms with Gasteiger partial charge in [0.05, 0.1) is 0 Å². The lowest BCUT2D eigenvalue weighted by molar-refractivity contribution is 0.0772. The minimum atomic E-state index is 0.224. The van der Waals surface area contributed by atoms with Gasteiger partial charge in [-0.3, -0.25) is 4.90 Å². The maximum absolute atomic E-state index is 6.74. The van der Waals surface area contributed by atoms with Crippen LogP contribution in [0.2, 0.25) is 0 Å². The number of nitrogens with zero attached hydrogens (tertiary/aromatic N) is 1. The molecule has 0 aromatic heterocycles. The first-order valence-electron chi connectivity index (χ1n) is 8.60. The van der Waals surface area contributed by atoms with E-state index in [0.29, 0.717) is 0 Å². The molecule has 0 radical (unpaired) electrons. The molecule has 1 aromatic carbocycles. The Labute approximate surface area is 130 Å². The lowest BCUT2D eigenvalue weighted by Gasteiger charge is -2.45. The molecule has 0 saturated heterocycles. The SMILES string of the molecule is CCN(CC)C1(C(N)Cc2ccc(C)c(C)c2)CCCC1. The van der Waals surface area contributed by atoms with E-state index >= 15 is 0 Å². The monoisotopic (exact) mass is 288 g/mol. The van der Waals surface area contributed by atoms with Gasteiger partial charge in [-0.2, -0.15) is 0 Å². The van der Waals surface area contributed by atoms with E-state index in [-0.39, 0.29) is 11.6 Å². The highest BCUT2D eigenvalue weighted by Crippen LogP contribution is 2.38. The average molecular weight is 288 g/mol. The fourth-order valence-corrected chi connectivity index (χ4v) is 4.14. The zero-order chi connectivity index (χ0) is 15.5. The molecule has 0 amide bonds. The second-order valence-corrected chi connectivity index (χ2v) is 6.71. The number of hydrogen-bond donors (Lipinski definition) is 1. The quantitative estimate of drug-likeness (QED) is 0.862. The van der Waals surface area contributed by atoms with E-state index in [1.54, 1.807) is 0 Å². The van der Waals surface area contributed by atoms with Crippen molar-refractivity contribution in [1.29, 1.82) is 0 Å². The molecule has 1 aliphatic rings. The Kier molecular flexibility index (Phi) is 5.45. The van der Waals surface area contributed by atoms with E-state index < -0.39 is 0 Å². The van der Waals surface area contributed by atoms with Gasteiger partial charge in [-0.1, -0.05) is 44.9 Å². The summed E-state index contributed by atoms with van der Waals surface area (Å²) in [6, 6.07) is 7.05. The summed E-state index contributed by atoms with van der Waals surface area (Å²) in [5.41, 5.74) is 11.1. The fraction of sp³-hybridized carbons (Fsp3) is 0.684. The van der Waals surface area contributed by atoms with Gasteiger partial charge in [-0.05, 0) is 62.9 Å². The number of nitrogens with two attached hydrogens (primary N) is 1. The van der Waals surface area contributed by atoms with Crippen molar-refractivity contribution in [3.63, 3.8) is 0 Å². The van der Waals surface area contributed by atoms with Crippen LogP contribution in [-0.4, -0.2) is 29.6 Å². The van der Waals surface area contributed by atoms with E-state index in [9.17, 15) is 0 Å². The van der Waals surface area contributed by atoms with Gasteiger partial charge in [0, 0.05) is 11.6 Å². The highest BCUT2D eigenvalue weighted by molar-refractivity contribution is 5.30. The summed E-state index contributed by atoms with van der Waals surface area (Å²) in [6.45, 7) is 11.1. The lowest BCUT2D eigenvalue weighted by Crippen LogP contribution is -2.59. The standard InChI is InChI=1S/C19H32N2/c1-5-21(6-2)19(11-7-8-12-19)18(20)14-17-10-9-15(3)16(4)13-17/h9-10,13,18H,5-8,11-12,14,20H2,1-4H3. The summed E-state index contributed by atoms with van der Waals surface area (Å²) < 4.78 is 0. The first kappa shape index (κ1) is 16.5. The maximum atomic E-state index is 6.74. The van der Waals surface area contributed by atoms with Crippen LogP contribution in [0.3, 0.4) is 0 Å². The second-order valence-electron chi connectivity index (χ2n) is 6.71. The van der Waals surface area contributed by atoms with Crippen molar-refractivity contribution in [2.75, 3.05) is 13.1 Å². The zero-order valence-corrected chi connectivity index (χ0v) is 14.3. The third kappa shape index (κ3) is 3.32. The minimum absolute atomic E-state index is 0.224. The van der Waals surface area contributed by atoms with Crippen LogP contribution >= 0.6 is 0 Å². The molecule has 1 aliphatic carbocycles. The molecule has 0 aliphatic heterocycles. The van der Waals surface area contributed by atoms with Crippen molar-refractivity contribution in [3.8, 4) is 0 Å². The summed E-state index contributed by atoms with van der Waals surface area (Å²) in [5, 5.41) is 0. The first-order chi connectivity index (χ1) is 10.0. The summed E-state index contributed by atoms with van der Waals surface area (Å²) in [5.74, 6) is 0. The molecule has 2 N–H and O–H groups in total. The number of likely N-dealkylation sites (N-methyl/N-ethyl adjacent to an activating group) is 1. The molecule has 0 bridgehead atoms. The van der Waals surface area contributed by atoms with Crippen molar-refractivity contribution in [2.45, 2.75) is 71.4 Å².